The molecule has 0 fully saturated rings. The van der Waals surface area contributed by atoms with Gasteiger partial charge in [0.1, 0.15) is 0 Å². The van der Waals surface area contributed by atoms with E-state index in [9.17, 15) is 4.79 Å². The molecule has 0 N–H and O–H groups in total. The lowest BCUT2D eigenvalue weighted by Gasteiger charge is -2.35. The highest BCUT2D eigenvalue weighted by molar-refractivity contribution is 5.98. The molecule has 1 aromatic carbocycles. The van der Waals surface area contributed by atoms with Crippen LogP contribution in [0.1, 0.15) is 44.7 Å². The second kappa shape index (κ2) is 4.36. The van der Waals surface area contributed by atoms with Gasteiger partial charge in [0.05, 0.1) is 0 Å². The fourth-order valence-corrected chi connectivity index (χ4v) is 3.57. The molecular weight excluding hydrogens is 234 g/mol. The van der Waals surface area contributed by atoms with Gasteiger partial charge in [0.25, 0.3) is 0 Å². The minimum Gasteiger partial charge on any atom is -0.312 e. The summed E-state index contributed by atoms with van der Waals surface area (Å²) in [6.07, 6.45) is 4.23. The average Bonchev–Trinajstić information content (AvgIpc) is 2.50. The molecule has 1 unspecified atom stereocenters. The lowest BCUT2D eigenvalue weighted by molar-refractivity contribution is -0.125. The van der Waals surface area contributed by atoms with Gasteiger partial charge >= 0.3 is 0 Å². The van der Waals surface area contributed by atoms with Gasteiger partial charge in [-0.25, -0.2) is 0 Å². The van der Waals surface area contributed by atoms with Crippen molar-refractivity contribution in [3.8, 4) is 0 Å². The third-order valence-corrected chi connectivity index (χ3v) is 4.61. The fourth-order valence-electron chi connectivity index (χ4n) is 3.57. The summed E-state index contributed by atoms with van der Waals surface area (Å²) in [5, 5.41) is 0. The van der Waals surface area contributed by atoms with Crippen LogP contribution in [0.5, 0.6) is 0 Å². The SMILES string of the molecule is CC(C)(C)C1CCc2cccc3c2N(CCC3)C1=O. The normalized spacial score (nSPS) is 23.0. The third-order valence-electron chi connectivity index (χ3n) is 4.61. The van der Waals surface area contributed by atoms with Crippen LogP contribution in [0.15, 0.2) is 18.2 Å². The molecule has 0 aromatic heterocycles. The Morgan fingerprint density at radius 3 is 2.53 bits per heavy atom. The first-order chi connectivity index (χ1) is 8.98. The van der Waals surface area contributed by atoms with Crippen LogP contribution in [0.2, 0.25) is 0 Å². The number of para-hydroxylation sites is 1. The van der Waals surface area contributed by atoms with Gasteiger partial charge in [-0.1, -0.05) is 39.0 Å². The largest absolute Gasteiger partial charge is 0.312 e. The lowest BCUT2D eigenvalue weighted by Crippen LogP contribution is -2.42. The quantitative estimate of drug-likeness (QED) is 0.695. The van der Waals surface area contributed by atoms with Crippen LogP contribution in [0.25, 0.3) is 0 Å². The van der Waals surface area contributed by atoms with Crippen LogP contribution in [0.4, 0.5) is 5.69 Å². The number of aryl methyl sites for hydroxylation is 2. The van der Waals surface area contributed by atoms with Crippen LogP contribution in [0, 0.1) is 11.3 Å². The first-order valence-corrected chi connectivity index (χ1v) is 7.40. The molecule has 3 rings (SSSR count). The summed E-state index contributed by atoms with van der Waals surface area (Å²) in [5.41, 5.74) is 4.03. The Morgan fingerprint density at radius 2 is 1.84 bits per heavy atom. The smallest absolute Gasteiger partial charge is 0.230 e. The third kappa shape index (κ3) is 2.07. The first-order valence-electron chi connectivity index (χ1n) is 7.40. The van der Waals surface area contributed by atoms with Crippen molar-refractivity contribution in [2.45, 2.75) is 46.5 Å². The number of rotatable bonds is 0. The summed E-state index contributed by atoms with van der Waals surface area (Å²) in [6, 6.07) is 6.55. The zero-order valence-electron chi connectivity index (χ0n) is 12.2. The van der Waals surface area contributed by atoms with Crippen molar-refractivity contribution in [3.63, 3.8) is 0 Å². The Morgan fingerprint density at radius 1 is 1.16 bits per heavy atom. The number of hydrogen-bond donors (Lipinski definition) is 0. The topological polar surface area (TPSA) is 20.3 Å². The second-order valence-electron chi connectivity index (χ2n) is 6.98. The number of amides is 1. The molecule has 0 spiro atoms. The van der Waals surface area contributed by atoms with E-state index in [1.54, 1.807) is 0 Å². The van der Waals surface area contributed by atoms with Crippen LogP contribution < -0.4 is 4.90 Å². The van der Waals surface area contributed by atoms with Crippen molar-refractivity contribution in [1.29, 1.82) is 0 Å². The Kier molecular flexibility index (Phi) is 2.92. The molecule has 2 aliphatic heterocycles. The Balaban J connectivity index is 2.08. The van der Waals surface area contributed by atoms with E-state index in [1.165, 1.54) is 16.8 Å². The summed E-state index contributed by atoms with van der Waals surface area (Å²) in [7, 11) is 0. The summed E-state index contributed by atoms with van der Waals surface area (Å²) in [5.74, 6) is 0.490. The van der Waals surface area contributed by atoms with Crippen molar-refractivity contribution in [3.05, 3.63) is 29.3 Å². The monoisotopic (exact) mass is 257 g/mol. The zero-order chi connectivity index (χ0) is 13.6. The molecule has 2 heterocycles. The van der Waals surface area contributed by atoms with Crippen LogP contribution in [0.3, 0.4) is 0 Å². The van der Waals surface area contributed by atoms with Gasteiger partial charge in [-0.15, -0.1) is 0 Å². The van der Waals surface area contributed by atoms with E-state index in [-0.39, 0.29) is 11.3 Å². The minimum atomic E-state index is 0.0523. The molecular formula is C17H23NO. The van der Waals surface area contributed by atoms with Crippen molar-refractivity contribution >= 4 is 11.6 Å². The molecule has 0 aliphatic carbocycles. The second-order valence-corrected chi connectivity index (χ2v) is 6.98. The number of nitrogens with zero attached hydrogens (tertiary/aromatic N) is 1. The number of benzene rings is 1. The molecule has 102 valence electrons. The van der Waals surface area contributed by atoms with E-state index in [0.717, 1.165) is 32.2 Å². The number of carbonyl (C=O) groups is 1. The van der Waals surface area contributed by atoms with E-state index < -0.39 is 0 Å². The molecule has 1 aromatic rings. The standard InChI is InChI=1S/C17H23NO/c1-17(2,3)14-10-9-13-7-4-6-12-8-5-11-18(15(12)13)16(14)19/h4,6-7,14H,5,8-11H2,1-3H3. The van der Waals surface area contributed by atoms with Gasteiger partial charge < -0.3 is 4.90 Å². The van der Waals surface area contributed by atoms with E-state index in [4.69, 9.17) is 0 Å². The van der Waals surface area contributed by atoms with Crippen molar-refractivity contribution in [2.24, 2.45) is 11.3 Å². The molecule has 19 heavy (non-hydrogen) atoms. The highest BCUT2D eigenvalue weighted by atomic mass is 16.2. The predicted octanol–water partition coefficient (Wildman–Crippen LogP) is 3.57. The van der Waals surface area contributed by atoms with Crippen LogP contribution in [-0.4, -0.2) is 12.5 Å². The maximum Gasteiger partial charge on any atom is 0.230 e. The zero-order valence-corrected chi connectivity index (χ0v) is 12.2. The fraction of sp³-hybridized carbons (Fsp3) is 0.588. The summed E-state index contributed by atoms with van der Waals surface area (Å²) in [4.78, 5) is 15.0. The number of carbonyl (C=O) groups excluding carboxylic acids is 1. The molecule has 2 heteroatoms. The Labute approximate surface area is 115 Å². The highest BCUT2D eigenvalue weighted by Crippen LogP contribution is 2.40. The molecule has 0 radical (unpaired) electrons. The molecule has 1 amide bonds. The summed E-state index contributed by atoms with van der Waals surface area (Å²) >= 11 is 0. The van der Waals surface area contributed by atoms with Gasteiger partial charge in [-0.2, -0.15) is 0 Å². The average molecular weight is 257 g/mol. The number of anilines is 1. The molecule has 2 nitrogen and oxygen atoms in total. The Hall–Kier alpha value is -1.31. The lowest BCUT2D eigenvalue weighted by atomic mass is 9.77. The highest BCUT2D eigenvalue weighted by Gasteiger charge is 2.38. The van der Waals surface area contributed by atoms with Crippen molar-refractivity contribution in [1.82, 2.24) is 0 Å². The number of hydrogen-bond acceptors (Lipinski definition) is 1. The molecule has 2 aliphatic rings. The predicted molar refractivity (Wildman–Crippen MR) is 78.4 cm³/mol. The van der Waals surface area contributed by atoms with E-state index in [1.807, 2.05) is 0 Å². The van der Waals surface area contributed by atoms with Crippen LogP contribution >= 0.6 is 0 Å². The first kappa shape index (κ1) is 12.7. The Bertz CT molecular complexity index is 512. The maximum atomic E-state index is 12.9. The van der Waals surface area contributed by atoms with Gasteiger partial charge in [-0.05, 0) is 42.2 Å². The maximum absolute atomic E-state index is 12.9. The van der Waals surface area contributed by atoms with E-state index in [2.05, 4.69) is 43.9 Å². The van der Waals surface area contributed by atoms with Gasteiger partial charge in [0, 0.05) is 18.2 Å². The molecule has 0 saturated heterocycles. The van der Waals surface area contributed by atoms with Crippen LogP contribution in [-0.2, 0) is 17.6 Å². The van der Waals surface area contributed by atoms with Crippen molar-refractivity contribution < 1.29 is 4.79 Å². The van der Waals surface area contributed by atoms with Gasteiger partial charge in [0.2, 0.25) is 5.91 Å². The summed E-state index contributed by atoms with van der Waals surface area (Å²) in [6.45, 7) is 7.47. The molecule has 0 bridgehead atoms. The summed E-state index contributed by atoms with van der Waals surface area (Å²) < 4.78 is 0. The van der Waals surface area contributed by atoms with Gasteiger partial charge in [-0.3, -0.25) is 4.79 Å². The van der Waals surface area contributed by atoms with Crippen molar-refractivity contribution in [2.75, 3.05) is 11.4 Å². The van der Waals surface area contributed by atoms with Gasteiger partial charge in [0.15, 0.2) is 0 Å². The van der Waals surface area contributed by atoms with E-state index >= 15 is 0 Å². The molecule has 1 atom stereocenters. The molecule has 0 saturated carbocycles. The van der Waals surface area contributed by atoms with E-state index in [0.29, 0.717) is 5.91 Å². The minimum absolute atomic E-state index is 0.0523.